The van der Waals surface area contributed by atoms with E-state index in [1.54, 1.807) is 0 Å². The molecular formula is C14F32Si. The summed E-state index contributed by atoms with van der Waals surface area (Å²) >= 11 is 0. The Morgan fingerprint density at radius 1 is 0.170 bits per heavy atom. The summed E-state index contributed by atoms with van der Waals surface area (Å²) in [5.74, 6) is -59.8. The van der Waals surface area contributed by atoms with Gasteiger partial charge in [-0.2, -0.15) is 105 Å². The highest BCUT2D eigenvalue weighted by Crippen LogP contribution is 2.72. The maximum Gasteiger partial charge on any atom is 0.460 e. The third kappa shape index (κ3) is 5.04. The third-order valence-corrected chi connectivity index (χ3v) is 10.6. The fourth-order valence-corrected chi connectivity index (χ4v) is 7.49. The first kappa shape index (κ1) is 45.0. The van der Waals surface area contributed by atoms with Gasteiger partial charge in [-0.3, -0.25) is 0 Å². The third-order valence-electron chi connectivity index (χ3n) is 5.67. The first-order valence-corrected chi connectivity index (χ1v) is 11.5. The first-order chi connectivity index (χ1) is 19.5. The van der Waals surface area contributed by atoms with Crippen LogP contribution in [0, 0.1) is 0 Å². The van der Waals surface area contributed by atoms with Crippen LogP contribution in [0.4, 0.5) is 140 Å². The van der Waals surface area contributed by atoms with Gasteiger partial charge in [-0.1, -0.05) is 0 Å². The smallest absolute Gasteiger partial charge is 0.204 e. The highest BCUT2D eigenvalue weighted by Gasteiger charge is 3.10. The Balaban J connectivity index is 8.86. The van der Waals surface area contributed by atoms with E-state index in [4.69, 9.17) is 0 Å². The van der Waals surface area contributed by atoms with Crippen molar-refractivity contribution in [2.24, 2.45) is 0 Å². The molecule has 0 nitrogen and oxygen atoms in total. The Labute approximate surface area is 232 Å². The Morgan fingerprint density at radius 3 is 0.511 bits per heavy atom. The average Bonchev–Trinajstić information content (AvgIpc) is 2.74. The second kappa shape index (κ2) is 10.5. The minimum Gasteiger partial charge on any atom is -0.204 e. The van der Waals surface area contributed by atoms with E-state index in [-0.39, 0.29) is 0 Å². The normalized spacial score (nSPS) is 17.4. The fourth-order valence-electron chi connectivity index (χ4n) is 3.22. The van der Waals surface area contributed by atoms with Crippen LogP contribution in [0.25, 0.3) is 0 Å². The molecule has 0 bridgehead atoms. The molecule has 284 valence electrons. The summed E-state index contributed by atoms with van der Waals surface area (Å²) in [5.41, 5.74) is -41.7. The van der Waals surface area contributed by atoms with Crippen LogP contribution < -0.4 is 0 Å². The van der Waals surface area contributed by atoms with Gasteiger partial charge in [0.2, 0.25) is 0 Å². The highest BCUT2D eigenvalue weighted by molar-refractivity contribution is 6.89. The molecule has 0 aliphatic heterocycles. The van der Waals surface area contributed by atoms with E-state index in [2.05, 4.69) is 0 Å². The van der Waals surface area contributed by atoms with E-state index < -0.39 is 90.5 Å². The fraction of sp³-hybridized carbons (Fsp3) is 1.00. The maximum absolute atomic E-state index is 14.5. The lowest BCUT2D eigenvalue weighted by Gasteiger charge is -2.52. The summed E-state index contributed by atoms with van der Waals surface area (Å²) in [6.45, 7) is 0. The van der Waals surface area contributed by atoms with Crippen molar-refractivity contribution in [3.63, 3.8) is 0 Å². The van der Waals surface area contributed by atoms with E-state index in [9.17, 15) is 140 Å². The summed E-state index contributed by atoms with van der Waals surface area (Å²) in [7, 11) is -13.6. The Kier molecular flexibility index (Phi) is 10.0. The van der Waals surface area contributed by atoms with Crippen molar-refractivity contribution in [1.29, 1.82) is 0 Å². The van der Waals surface area contributed by atoms with Gasteiger partial charge >= 0.3 is 90.5 Å². The number of hydrogen-bond donors (Lipinski definition) is 0. The van der Waals surface area contributed by atoms with Gasteiger partial charge < -0.3 is 0 Å². The lowest BCUT2D eigenvalue weighted by atomic mass is 9.91. The molecule has 0 atom stereocenters. The van der Waals surface area contributed by atoms with Gasteiger partial charge in [0.25, 0.3) is 0 Å². The Morgan fingerprint density at radius 2 is 0.340 bits per heavy atom. The number of rotatable bonds is 10. The zero-order valence-corrected chi connectivity index (χ0v) is 20.6. The van der Waals surface area contributed by atoms with Gasteiger partial charge in [-0.15, -0.1) is 0 Å². The molecule has 0 aromatic rings. The molecule has 0 amide bonds. The second-order valence-electron chi connectivity index (χ2n) is 8.48. The van der Waals surface area contributed by atoms with Crippen molar-refractivity contribution in [1.82, 2.24) is 0 Å². The van der Waals surface area contributed by atoms with Crippen LogP contribution in [0.1, 0.15) is 0 Å². The first-order valence-electron chi connectivity index (χ1n) is 9.55. The van der Waals surface area contributed by atoms with Gasteiger partial charge in [-0.05, 0) is 0 Å². The van der Waals surface area contributed by atoms with Crippen molar-refractivity contribution in [2.75, 3.05) is 0 Å². The quantitative estimate of drug-likeness (QED) is 0.153. The van der Waals surface area contributed by atoms with E-state index >= 15 is 0 Å². The molecule has 47 heavy (non-hydrogen) atoms. The molecule has 0 radical (unpaired) electrons. The van der Waals surface area contributed by atoms with Gasteiger partial charge in [-0.25, -0.2) is 35.1 Å². The largest absolute Gasteiger partial charge is 0.460 e. The molecule has 33 heteroatoms. The van der Waals surface area contributed by atoms with Crippen LogP contribution in [0.2, 0.25) is 0 Å². The number of hydrogen-bond acceptors (Lipinski definition) is 0. The lowest BCUT2D eigenvalue weighted by Crippen LogP contribution is -2.94. The van der Waals surface area contributed by atoms with E-state index in [0.717, 1.165) is 0 Å². The van der Waals surface area contributed by atoms with Crippen molar-refractivity contribution >= 4 is 8.07 Å². The lowest BCUT2D eigenvalue weighted by molar-refractivity contribution is -0.460. The van der Waals surface area contributed by atoms with Crippen molar-refractivity contribution in [3.05, 3.63) is 0 Å². The molecule has 0 spiro atoms. The van der Waals surface area contributed by atoms with Crippen LogP contribution in [-0.4, -0.2) is 90.5 Å². The van der Waals surface area contributed by atoms with Gasteiger partial charge in [0.05, 0.1) is 0 Å². The highest BCUT2D eigenvalue weighted by atomic mass is 28.3. The summed E-state index contributed by atoms with van der Waals surface area (Å²) in [4.78, 5) is 0. The molecule has 0 saturated carbocycles. The summed E-state index contributed by atoms with van der Waals surface area (Å²) in [5, 5.41) is 0. The molecule has 0 fully saturated rings. The minimum absolute atomic E-state index is 8.47. The molecule has 0 unspecified atom stereocenters. The van der Waals surface area contributed by atoms with Crippen LogP contribution in [-0.2, 0) is 0 Å². The SMILES string of the molecule is FC(F)(F)C(F)(F)C(F)(F)C(F)(F)C(F)(F)C(F)(F)C(F)(F)C(F)(F)[Si](C(F)(F)C(F)(F)F)(C(F)(F)C(F)(F)F)C(F)(F)C(F)(F)F. The monoisotopic (exact) mass is 804 g/mol. The molecule has 0 aromatic heterocycles. The maximum atomic E-state index is 14.5. The van der Waals surface area contributed by atoms with Crippen LogP contribution >= 0.6 is 0 Å². The molecule has 0 aliphatic carbocycles. The summed E-state index contributed by atoms with van der Waals surface area (Å²) in [6, 6.07) is 0. The van der Waals surface area contributed by atoms with E-state index in [0.29, 0.717) is 0 Å². The van der Waals surface area contributed by atoms with E-state index in [1.807, 2.05) is 0 Å². The Hall–Kier alpha value is -2.02. The summed E-state index contributed by atoms with van der Waals surface area (Å²) in [6.07, 6.45) is -36.7. The number of halogens is 32. The van der Waals surface area contributed by atoms with Gasteiger partial charge in [0, 0.05) is 0 Å². The van der Waals surface area contributed by atoms with Crippen molar-refractivity contribution < 1.29 is 140 Å². The standard InChI is InChI=1S/C14F32Si/c15-1(16,3(19,20)5(23,24)7(27,28)29)2(17,18)4(21,22)6(25,26)11(39,40)47(12(41,42)8(30,31)32,13(43,44)9(33,34)35)14(45,46)10(36,37)38. The zero-order chi connectivity index (χ0) is 39.5. The second-order valence-corrected chi connectivity index (χ2v) is 12.5. The van der Waals surface area contributed by atoms with Gasteiger partial charge in [0.15, 0.2) is 0 Å². The Bertz CT molecular complexity index is 1070. The minimum atomic E-state index is -13.6. The average molecular weight is 804 g/mol. The molecular weight excluding hydrogens is 804 g/mol. The zero-order valence-electron chi connectivity index (χ0n) is 19.6. The molecule has 0 N–H and O–H groups in total. The number of alkyl halides is 32. The molecule has 0 saturated heterocycles. The van der Waals surface area contributed by atoms with Crippen LogP contribution in [0.5, 0.6) is 0 Å². The predicted octanol–water partition coefficient (Wildman–Crippen LogP) is 10.2. The molecule has 0 heterocycles. The summed E-state index contributed by atoms with van der Waals surface area (Å²) < 4.78 is 426. The van der Waals surface area contributed by atoms with Gasteiger partial charge in [0.1, 0.15) is 0 Å². The van der Waals surface area contributed by atoms with Crippen molar-refractivity contribution in [2.45, 2.75) is 82.4 Å². The molecule has 0 aromatic carbocycles. The van der Waals surface area contributed by atoms with Crippen LogP contribution in [0.3, 0.4) is 0 Å². The van der Waals surface area contributed by atoms with Crippen LogP contribution in [0.15, 0.2) is 0 Å². The predicted molar refractivity (Wildman–Crippen MR) is 79.4 cm³/mol. The van der Waals surface area contributed by atoms with E-state index in [1.165, 1.54) is 0 Å². The topological polar surface area (TPSA) is 0 Å². The van der Waals surface area contributed by atoms with Crippen molar-refractivity contribution in [3.8, 4) is 0 Å². The molecule has 0 rings (SSSR count). The molecule has 0 aliphatic rings.